The van der Waals surface area contributed by atoms with Crippen LogP contribution in [0.25, 0.3) is 5.69 Å². The van der Waals surface area contributed by atoms with Gasteiger partial charge in [0.25, 0.3) is 0 Å². The summed E-state index contributed by atoms with van der Waals surface area (Å²) in [6, 6.07) is 4.39. The van der Waals surface area contributed by atoms with E-state index in [1.165, 1.54) is 5.56 Å². The van der Waals surface area contributed by atoms with E-state index in [2.05, 4.69) is 28.8 Å². The maximum Gasteiger partial charge on any atom is 0.132 e. The van der Waals surface area contributed by atoms with Crippen molar-refractivity contribution in [2.45, 2.75) is 32.9 Å². The molecule has 0 spiro atoms. The zero-order valence-corrected chi connectivity index (χ0v) is 11.4. The molecule has 0 fully saturated rings. The van der Waals surface area contributed by atoms with Gasteiger partial charge in [-0.3, -0.25) is 9.88 Å². The van der Waals surface area contributed by atoms with E-state index in [9.17, 15) is 0 Å². The van der Waals surface area contributed by atoms with Crippen molar-refractivity contribution in [3.05, 3.63) is 35.8 Å². The van der Waals surface area contributed by atoms with Crippen molar-refractivity contribution in [3.8, 4) is 5.69 Å². The fourth-order valence-electron chi connectivity index (χ4n) is 2.54. The van der Waals surface area contributed by atoms with Gasteiger partial charge in [-0.2, -0.15) is 5.10 Å². The van der Waals surface area contributed by atoms with Crippen LogP contribution in [0.4, 0.5) is 5.82 Å². The maximum absolute atomic E-state index is 6.27. The molecule has 2 N–H and O–H groups in total. The summed E-state index contributed by atoms with van der Waals surface area (Å²) in [6.07, 6.45) is 4.49. The lowest BCUT2D eigenvalue weighted by Gasteiger charge is -2.29. The third-order valence-electron chi connectivity index (χ3n) is 3.74. The number of pyridine rings is 1. The van der Waals surface area contributed by atoms with Gasteiger partial charge in [0.15, 0.2) is 0 Å². The summed E-state index contributed by atoms with van der Waals surface area (Å²) in [4.78, 5) is 6.46. The minimum absolute atomic E-state index is 0.539. The zero-order chi connectivity index (χ0) is 13.4. The Labute approximate surface area is 113 Å². The monoisotopic (exact) mass is 257 g/mol. The lowest BCUT2D eigenvalue weighted by atomic mass is 10.1. The van der Waals surface area contributed by atoms with Gasteiger partial charge in [0, 0.05) is 43.5 Å². The highest BCUT2D eigenvalue weighted by Crippen LogP contribution is 2.27. The molecule has 0 atom stereocenters. The van der Waals surface area contributed by atoms with E-state index >= 15 is 0 Å². The van der Waals surface area contributed by atoms with E-state index in [0.29, 0.717) is 6.04 Å². The Morgan fingerprint density at radius 2 is 2.00 bits per heavy atom. The Bertz CT molecular complexity index is 573. The Morgan fingerprint density at radius 1 is 1.26 bits per heavy atom. The Morgan fingerprint density at radius 3 is 2.68 bits per heavy atom. The highest BCUT2D eigenvalue weighted by atomic mass is 15.3. The van der Waals surface area contributed by atoms with Gasteiger partial charge in [-0.15, -0.1) is 0 Å². The van der Waals surface area contributed by atoms with Gasteiger partial charge in [0.2, 0.25) is 0 Å². The second-order valence-corrected chi connectivity index (χ2v) is 5.24. The van der Waals surface area contributed by atoms with E-state index in [4.69, 9.17) is 5.73 Å². The minimum atomic E-state index is 0.539. The summed E-state index contributed by atoms with van der Waals surface area (Å²) < 4.78 is 1.83. The number of anilines is 1. The van der Waals surface area contributed by atoms with Crippen LogP contribution in [-0.2, 0) is 13.0 Å². The molecule has 0 aromatic carbocycles. The smallest absolute Gasteiger partial charge is 0.132 e. The molecule has 0 saturated heterocycles. The molecule has 19 heavy (non-hydrogen) atoms. The van der Waals surface area contributed by atoms with E-state index in [1.54, 1.807) is 12.4 Å². The summed E-state index contributed by atoms with van der Waals surface area (Å²) in [5.74, 6) is 0.756. The highest BCUT2D eigenvalue weighted by Gasteiger charge is 2.24. The van der Waals surface area contributed by atoms with Crippen LogP contribution >= 0.6 is 0 Å². The molecule has 1 aliphatic heterocycles. The SMILES string of the molecule is CC(C)N1CCc2nn(-c3ccncc3)c(N)c2C1. The van der Waals surface area contributed by atoms with E-state index < -0.39 is 0 Å². The quantitative estimate of drug-likeness (QED) is 0.888. The number of rotatable bonds is 2. The molecule has 0 saturated carbocycles. The molecule has 5 nitrogen and oxygen atoms in total. The van der Waals surface area contributed by atoms with Gasteiger partial charge < -0.3 is 5.73 Å². The summed E-state index contributed by atoms with van der Waals surface area (Å²) in [6.45, 7) is 6.38. The van der Waals surface area contributed by atoms with Crippen LogP contribution in [0.2, 0.25) is 0 Å². The second kappa shape index (κ2) is 4.66. The van der Waals surface area contributed by atoms with Crippen LogP contribution in [0.1, 0.15) is 25.1 Å². The molecule has 0 amide bonds. The van der Waals surface area contributed by atoms with Crippen molar-refractivity contribution in [2.24, 2.45) is 0 Å². The molecule has 2 aromatic heterocycles. The van der Waals surface area contributed by atoms with Crippen molar-refractivity contribution < 1.29 is 0 Å². The van der Waals surface area contributed by atoms with Crippen LogP contribution in [0, 0.1) is 0 Å². The van der Waals surface area contributed by atoms with Gasteiger partial charge in [-0.05, 0) is 26.0 Å². The zero-order valence-electron chi connectivity index (χ0n) is 11.4. The first-order chi connectivity index (χ1) is 9.16. The van der Waals surface area contributed by atoms with E-state index in [1.807, 2.05) is 16.8 Å². The lowest BCUT2D eigenvalue weighted by molar-refractivity contribution is 0.203. The minimum Gasteiger partial charge on any atom is -0.383 e. The highest BCUT2D eigenvalue weighted by molar-refractivity contribution is 5.50. The van der Waals surface area contributed by atoms with Gasteiger partial charge in [-0.25, -0.2) is 4.68 Å². The van der Waals surface area contributed by atoms with Crippen molar-refractivity contribution in [1.82, 2.24) is 19.7 Å². The molecule has 1 aliphatic rings. The second-order valence-electron chi connectivity index (χ2n) is 5.24. The largest absolute Gasteiger partial charge is 0.383 e. The third kappa shape index (κ3) is 2.10. The number of fused-ring (bicyclic) bond motifs is 1. The van der Waals surface area contributed by atoms with Gasteiger partial charge in [0.05, 0.1) is 11.4 Å². The summed E-state index contributed by atoms with van der Waals surface area (Å²) >= 11 is 0. The predicted molar refractivity (Wildman–Crippen MR) is 75.0 cm³/mol. The van der Waals surface area contributed by atoms with E-state index in [0.717, 1.165) is 36.7 Å². The number of hydrogen-bond acceptors (Lipinski definition) is 4. The molecule has 3 rings (SSSR count). The molecule has 3 heterocycles. The Kier molecular flexibility index (Phi) is 2.98. The molecule has 0 aliphatic carbocycles. The van der Waals surface area contributed by atoms with Crippen molar-refractivity contribution in [1.29, 1.82) is 0 Å². The van der Waals surface area contributed by atoms with E-state index in [-0.39, 0.29) is 0 Å². The Hall–Kier alpha value is -1.88. The van der Waals surface area contributed by atoms with Crippen molar-refractivity contribution in [3.63, 3.8) is 0 Å². The lowest BCUT2D eigenvalue weighted by Crippen LogP contribution is -2.35. The molecule has 5 heteroatoms. The fourth-order valence-corrected chi connectivity index (χ4v) is 2.54. The number of nitrogens with two attached hydrogens (primary N) is 1. The number of aromatic nitrogens is 3. The number of hydrogen-bond donors (Lipinski definition) is 1. The normalized spacial score (nSPS) is 15.7. The third-order valence-corrected chi connectivity index (χ3v) is 3.74. The maximum atomic E-state index is 6.27. The summed E-state index contributed by atoms with van der Waals surface area (Å²) in [5, 5.41) is 4.65. The molecule has 2 aromatic rings. The molecule has 0 unspecified atom stereocenters. The molecule has 0 bridgehead atoms. The first-order valence-corrected chi connectivity index (χ1v) is 6.67. The van der Waals surface area contributed by atoms with Gasteiger partial charge >= 0.3 is 0 Å². The van der Waals surface area contributed by atoms with Crippen LogP contribution in [0.5, 0.6) is 0 Å². The van der Waals surface area contributed by atoms with Crippen LogP contribution in [0.3, 0.4) is 0 Å². The van der Waals surface area contributed by atoms with Crippen LogP contribution < -0.4 is 5.73 Å². The number of nitrogen functional groups attached to an aromatic ring is 1. The summed E-state index contributed by atoms with van der Waals surface area (Å²) in [7, 11) is 0. The topological polar surface area (TPSA) is 60.0 Å². The average Bonchev–Trinajstić information content (AvgIpc) is 2.77. The average molecular weight is 257 g/mol. The first kappa shape index (κ1) is 12.2. The van der Waals surface area contributed by atoms with Crippen molar-refractivity contribution >= 4 is 5.82 Å². The molecular formula is C14H19N5. The molecular weight excluding hydrogens is 238 g/mol. The van der Waals surface area contributed by atoms with Crippen LogP contribution in [0.15, 0.2) is 24.5 Å². The fraction of sp³-hybridized carbons (Fsp3) is 0.429. The van der Waals surface area contributed by atoms with Gasteiger partial charge in [-0.1, -0.05) is 0 Å². The Balaban J connectivity index is 1.99. The summed E-state index contributed by atoms with van der Waals surface area (Å²) in [5.41, 5.74) is 9.55. The standard InChI is InChI=1S/C14H19N5/c1-10(2)18-8-5-13-12(9-18)14(15)19(17-13)11-3-6-16-7-4-11/h3-4,6-7,10H,5,8-9,15H2,1-2H3. The van der Waals surface area contributed by atoms with Crippen molar-refractivity contribution in [2.75, 3.05) is 12.3 Å². The van der Waals surface area contributed by atoms with Crippen LogP contribution in [-0.4, -0.2) is 32.3 Å². The number of nitrogens with zero attached hydrogens (tertiary/aromatic N) is 4. The molecule has 100 valence electrons. The van der Waals surface area contributed by atoms with Gasteiger partial charge in [0.1, 0.15) is 5.82 Å². The predicted octanol–water partition coefficient (Wildman–Crippen LogP) is 1.62. The molecule has 0 radical (unpaired) electrons. The first-order valence-electron chi connectivity index (χ1n) is 6.67.